The summed E-state index contributed by atoms with van der Waals surface area (Å²) in [5.41, 5.74) is 2.04. The van der Waals surface area contributed by atoms with Gasteiger partial charge in [0.25, 0.3) is 11.8 Å². The molecule has 2 aliphatic heterocycles. The van der Waals surface area contributed by atoms with Gasteiger partial charge in [-0.3, -0.25) is 14.5 Å². The summed E-state index contributed by atoms with van der Waals surface area (Å²) >= 11 is 6.53. The molecule has 1 fully saturated rings. The van der Waals surface area contributed by atoms with Gasteiger partial charge in [0.1, 0.15) is 4.32 Å². The Morgan fingerprint density at radius 3 is 2.57 bits per heavy atom. The largest absolute Gasteiger partial charge is 0.304 e. The summed E-state index contributed by atoms with van der Waals surface area (Å²) in [7, 11) is 0. The molecule has 0 atom stereocenters. The third-order valence-corrected chi connectivity index (χ3v) is 5.18. The summed E-state index contributed by atoms with van der Waals surface area (Å²) in [5, 5.41) is 0. The van der Waals surface area contributed by atoms with E-state index in [1.165, 1.54) is 11.8 Å². The molecule has 4 nitrogen and oxygen atoms in total. The van der Waals surface area contributed by atoms with Crippen LogP contribution >= 0.6 is 24.0 Å². The summed E-state index contributed by atoms with van der Waals surface area (Å²) in [6.07, 6.45) is 1.68. The first kappa shape index (κ1) is 16.0. The predicted octanol–water partition coefficient (Wildman–Crippen LogP) is 3.20. The Hall–Kier alpha value is -1.92. The van der Waals surface area contributed by atoms with Gasteiger partial charge in [-0.2, -0.15) is 0 Å². The molecule has 0 unspecified atom stereocenters. The van der Waals surface area contributed by atoms with Gasteiger partial charge in [0, 0.05) is 18.2 Å². The first-order chi connectivity index (χ1) is 11.0. The van der Waals surface area contributed by atoms with Crippen molar-refractivity contribution in [3.63, 3.8) is 0 Å². The Balaban J connectivity index is 2.17. The van der Waals surface area contributed by atoms with Crippen molar-refractivity contribution in [1.29, 1.82) is 0 Å². The fraction of sp³-hybridized carbons (Fsp3) is 0.235. The number of anilines is 1. The molecule has 0 bridgehead atoms. The second-order valence-corrected chi connectivity index (χ2v) is 7.21. The lowest BCUT2D eigenvalue weighted by atomic mass is 10.1. The molecule has 0 aromatic heterocycles. The topological polar surface area (TPSA) is 40.6 Å². The molecule has 1 saturated heterocycles. The van der Waals surface area contributed by atoms with E-state index in [0.717, 1.165) is 11.3 Å². The molecule has 0 aliphatic carbocycles. The van der Waals surface area contributed by atoms with Gasteiger partial charge in [0.05, 0.1) is 16.2 Å². The van der Waals surface area contributed by atoms with E-state index >= 15 is 0 Å². The highest BCUT2D eigenvalue weighted by atomic mass is 32.2. The van der Waals surface area contributed by atoms with Gasteiger partial charge in [-0.25, -0.2) is 0 Å². The lowest BCUT2D eigenvalue weighted by molar-refractivity contribution is -0.123. The molecule has 2 amide bonds. The summed E-state index contributed by atoms with van der Waals surface area (Å²) in [6, 6.07) is 7.47. The standard InChI is InChI=1S/C17H16N2O2S2/c1-4-9-18-12-8-6-5-7-11(12)13(15(18)20)14-16(21)19(10(2)3)17(22)23-14/h4-8,10H,1,9H2,2-3H3. The lowest BCUT2D eigenvalue weighted by Crippen LogP contribution is -2.35. The molecule has 0 spiro atoms. The number of para-hydroxylation sites is 1. The smallest absolute Gasteiger partial charge is 0.267 e. The van der Waals surface area contributed by atoms with Crippen LogP contribution in [0.1, 0.15) is 19.4 Å². The van der Waals surface area contributed by atoms with E-state index in [0.29, 0.717) is 21.3 Å². The van der Waals surface area contributed by atoms with Crippen LogP contribution in [0.25, 0.3) is 5.57 Å². The first-order valence-electron chi connectivity index (χ1n) is 7.29. The number of rotatable bonds is 3. The van der Waals surface area contributed by atoms with Crippen molar-refractivity contribution in [2.24, 2.45) is 0 Å². The number of fused-ring (bicyclic) bond motifs is 1. The number of thioether (sulfide) groups is 1. The highest BCUT2D eigenvalue weighted by molar-refractivity contribution is 8.26. The molecule has 0 saturated carbocycles. The molecule has 1 aromatic rings. The van der Waals surface area contributed by atoms with Crippen molar-refractivity contribution in [3.05, 3.63) is 47.4 Å². The molecule has 6 heteroatoms. The Bertz CT molecular complexity index is 768. The molecule has 3 rings (SSSR count). The van der Waals surface area contributed by atoms with Crippen LogP contribution in [-0.2, 0) is 9.59 Å². The zero-order valence-corrected chi connectivity index (χ0v) is 14.5. The molecule has 2 heterocycles. The minimum atomic E-state index is -0.186. The quantitative estimate of drug-likeness (QED) is 0.480. The van der Waals surface area contributed by atoms with E-state index in [2.05, 4.69) is 6.58 Å². The van der Waals surface area contributed by atoms with Gasteiger partial charge >= 0.3 is 0 Å². The third-order valence-electron chi connectivity index (χ3n) is 3.78. The van der Waals surface area contributed by atoms with Crippen LogP contribution in [0.15, 0.2) is 41.8 Å². The van der Waals surface area contributed by atoms with Crippen molar-refractivity contribution in [2.75, 3.05) is 11.4 Å². The molecule has 2 aliphatic rings. The van der Waals surface area contributed by atoms with Crippen molar-refractivity contribution in [1.82, 2.24) is 4.90 Å². The zero-order chi connectivity index (χ0) is 16.7. The molecule has 0 radical (unpaired) electrons. The number of amides is 2. The number of carbonyl (C=O) groups excluding carboxylic acids is 2. The first-order valence-corrected chi connectivity index (χ1v) is 8.51. The average molecular weight is 344 g/mol. The van der Waals surface area contributed by atoms with E-state index in [-0.39, 0.29) is 17.9 Å². The van der Waals surface area contributed by atoms with Crippen LogP contribution in [0, 0.1) is 0 Å². The predicted molar refractivity (Wildman–Crippen MR) is 98.1 cm³/mol. The Kier molecular flexibility index (Phi) is 4.12. The number of benzene rings is 1. The highest BCUT2D eigenvalue weighted by Crippen LogP contribution is 2.44. The molecule has 0 N–H and O–H groups in total. The second kappa shape index (κ2) is 5.94. The van der Waals surface area contributed by atoms with E-state index in [1.807, 2.05) is 38.1 Å². The maximum absolute atomic E-state index is 12.9. The SMILES string of the molecule is C=CCN1C(=O)C(=C2SC(=S)N(C(C)C)C2=O)c2ccccc21. The van der Waals surface area contributed by atoms with Crippen molar-refractivity contribution in [2.45, 2.75) is 19.9 Å². The van der Waals surface area contributed by atoms with Crippen LogP contribution in [0.2, 0.25) is 0 Å². The van der Waals surface area contributed by atoms with Crippen LogP contribution in [0.4, 0.5) is 5.69 Å². The van der Waals surface area contributed by atoms with Crippen molar-refractivity contribution < 1.29 is 9.59 Å². The molecule has 1 aromatic carbocycles. The monoisotopic (exact) mass is 344 g/mol. The van der Waals surface area contributed by atoms with Crippen LogP contribution in [-0.4, -0.2) is 33.6 Å². The van der Waals surface area contributed by atoms with Crippen molar-refractivity contribution in [3.8, 4) is 0 Å². The Labute approximate surface area is 144 Å². The maximum atomic E-state index is 12.9. The minimum Gasteiger partial charge on any atom is -0.304 e. The summed E-state index contributed by atoms with van der Waals surface area (Å²) in [5.74, 6) is -0.357. The summed E-state index contributed by atoms with van der Waals surface area (Å²) in [4.78, 5) is 29.2. The normalized spacial score (nSPS) is 20.7. The average Bonchev–Trinajstić information content (AvgIpc) is 2.94. The summed E-state index contributed by atoms with van der Waals surface area (Å²) < 4.78 is 0.500. The lowest BCUT2D eigenvalue weighted by Gasteiger charge is -2.18. The molecular formula is C17H16N2O2S2. The van der Waals surface area contributed by atoms with Crippen LogP contribution in [0.3, 0.4) is 0 Å². The van der Waals surface area contributed by atoms with Gasteiger partial charge in [0.15, 0.2) is 0 Å². The fourth-order valence-corrected chi connectivity index (χ4v) is 4.38. The van der Waals surface area contributed by atoms with E-state index in [9.17, 15) is 9.59 Å². The molecular weight excluding hydrogens is 328 g/mol. The van der Waals surface area contributed by atoms with Gasteiger partial charge in [-0.1, -0.05) is 48.3 Å². The number of carbonyl (C=O) groups is 2. The zero-order valence-electron chi connectivity index (χ0n) is 12.9. The Morgan fingerprint density at radius 2 is 1.96 bits per heavy atom. The minimum absolute atomic E-state index is 0.0309. The van der Waals surface area contributed by atoms with Crippen LogP contribution in [0.5, 0.6) is 0 Å². The maximum Gasteiger partial charge on any atom is 0.267 e. The number of hydrogen-bond acceptors (Lipinski definition) is 4. The van der Waals surface area contributed by atoms with Gasteiger partial charge < -0.3 is 4.90 Å². The molecule has 23 heavy (non-hydrogen) atoms. The fourth-order valence-electron chi connectivity index (χ4n) is 2.79. The number of nitrogens with zero attached hydrogens (tertiary/aromatic N) is 2. The molecule has 118 valence electrons. The number of thiocarbonyl (C=S) groups is 1. The van der Waals surface area contributed by atoms with E-state index < -0.39 is 0 Å². The van der Waals surface area contributed by atoms with E-state index in [1.54, 1.807) is 15.9 Å². The van der Waals surface area contributed by atoms with Gasteiger partial charge in [-0.15, -0.1) is 6.58 Å². The van der Waals surface area contributed by atoms with Crippen molar-refractivity contribution >= 4 is 51.4 Å². The van der Waals surface area contributed by atoms with Gasteiger partial charge in [0.2, 0.25) is 0 Å². The highest BCUT2D eigenvalue weighted by Gasteiger charge is 2.42. The third kappa shape index (κ3) is 2.42. The van der Waals surface area contributed by atoms with Crippen LogP contribution < -0.4 is 4.90 Å². The van der Waals surface area contributed by atoms with E-state index in [4.69, 9.17) is 12.2 Å². The number of hydrogen-bond donors (Lipinski definition) is 0. The van der Waals surface area contributed by atoms with Gasteiger partial charge in [-0.05, 0) is 19.9 Å². The summed E-state index contributed by atoms with van der Waals surface area (Å²) in [6.45, 7) is 7.93. The second-order valence-electron chi connectivity index (χ2n) is 5.56. The Morgan fingerprint density at radius 1 is 1.26 bits per heavy atom.